The molecule has 1 saturated carbocycles. The van der Waals surface area contributed by atoms with Gasteiger partial charge in [0.25, 0.3) is 0 Å². The number of aromatic hydroxyl groups is 1. The molecule has 14 nitrogen and oxygen atoms in total. The zero-order valence-electron chi connectivity index (χ0n) is 30.3. The maximum atomic E-state index is 15.4. The van der Waals surface area contributed by atoms with Gasteiger partial charge in [-0.25, -0.2) is 9.80 Å². The summed E-state index contributed by atoms with van der Waals surface area (Å²) in [6.07, 6.45) is 1.90. The summed E-state index contributed by atoms with van der Waals surface area (Å²) < 4.78 is 0. The van der Waals surface area contributed by atoms with Gasteiger partial charge in [0, 0.05) is 37.2 Å². The Kier molecular flexibility index (Phi) is 8.56. The Labute approximate surface area is 324 Å². The normalized spacial score (nSPS) is 25.4. The number of benzene rings is 4. The van der Waals surface area contributed by atoms with Crippen LogP contribution in [0.3, 0.4) is 0 Å². The highest BCUT2D eigenvalue weighted by Crippen LogP contribution is 2.65. The molecule has 2 saturated heterocycles. The summed E-state index contributed by atoms with van der Waals surface area (Å²) >= 11 is 6.38. The number of phenolic OH excluding ortho intramolecular Hbond substituents is 1. The third kappa shape index (κ3) is 5.15. The minimum Gasteiger partial charge on any atom is -0.508 e. The van der Waals surface area contributed by atoms with E-state index in [1.807, 2.05) is 6.08 Å². The highest BCUT2D eigenvalue weighted by atomic mass is 35.5. The number of nitrogens with zero attached hydrogens (tertiary/aromatic N) is 5. The van der Waals surface area contributed by atoms with Gasteiger partial charge in [-0.15, -0.1) is 0 Å². The number of amides is 4. The van der Waals surface area contributed by atoms with Gasteiger partial charge < -0.3 is 10.0 Å². The first kappa shape index (κ1) is 36.6. The largest absolute Gasteiger partial charge is 0.508 e. The van der Waals surface area contributed by atoms with Crippen LogP contribution in [0.15, 0.2) is 96.6 Å². The van der Waals surface area contributed by atoms with E-state index in [-0.39, 0.29) is 35.7 Å². The van der Waals surface area contributed by atoms with Gasteiger partial charge in [-0.1, -0.05) is 71.8 Å². The van der Waals surface area contributed by atoms with Crippen LogP contribution < -0.4 is 14.7 Å². The number of imide groups is 2. The SMILES string of the molecule is Cc1cc([C@H]2C3=CC[C@@H]4C(=O)N(c5cc([N+](=O)[O-])c(N(C)C)c([N+](=O)[O-])c5)C(=O)[C@@H]4[C@@H]3C[C@H]3C(=O)N(c4cccc(Cl)c4)C(=O)[C@@]23c2ccccc2)ccc1O. The molecule has 8 rings (SSSR count). The lowest BCUT2D eigenvalue weighted by molar-refractivity contribution is -0.392. The Bertz CT molecular complexity index is 2420. The van der Waals surface area contributed by atoms with Gasteiger partial charge in [-0.2, -0.15) is 0 Å². The van der Waals surface area contributed by atoms with Gasteiger partial charge in [0.2, 0.25) is 23.6 Å². The molecule has 6 atom stereocenters. The number of hydrogen-bond donors (Lipinski definition) is 1. The van der Waals surface area contributed by atoms with E-state index in [4.69, 9.17) is 11.6 Å². The van der Waals surface area contributed by atoms with Gasteiger partial charge in [0.05, 0.1) is 44.4 Å². The Morgan fingerprint density at radius 3 is 2.09 bits per heavy atom. The quantitative estimate of drug-likeness (QED) is 0.0928. The molecular weight excluding hydrogens is 742 g/mol. The topological polar surface area (TPSA) is 185 Å². The molecule has 0 radical (unpaired) electrons. The zero-order chi connectivity index (χ0) is 40.0. The lowest BCUT2D eigenvalue weighted by atomic mass is 9.49. The van der Waals surface area contributed by atoms with E-state index >= 15 is 4.79 Å². The van der Waals surface area contributed by atoms with Gasteiger partial charge >= 0.3 is 11.4 Å². The Balaban J connectivity index is 1.33. The van der Waals surface area contributed by atoms with Crippen molar-refractivity contribution in [2.45, 2.75) is 31.1 Å². The average Bonchev–Trinajstić information content (AvgIpc) is 3.56. The Morgan fingerprint density at radius 1 is 0.804 bits per heavy atom. The maximum Gasteiger partial charge on any atom is 0.301 e. The highest BCUT2D eigenvalue weighted by molar-refractivity contribution is 6.32. The fraction of sp³-hybridized carbons (Fsp3) is 0.268. The second-order valence-electron chi connectivity index (χ2n) is 14.9. The van der Waals surface area contributed by atoms with Crippen molar-refractivity contribution in [3.05, 3.63) is 139 Å². The summed E-state index contributed by atoms with van der Waals surface area (Å²) in [5, 5.41) is 35.3. The van der Waals surface area contributed by atoms with Crippen LogP contribution in [0.2, 0.25) is 5.02 Å². The molecule has 1 N–H and O–H groups in total. The fourth-order valence-electron chi connectivity index (χ4n) is 9.69. The van der Waals surface area contributed by atoms with E-state index in [1.54, 1.807) is 67.6 Å². The van der Waals surface area contributed by atoms with Crippen molar-refractivity contribution in [3.8, 4) is 5.75 Å². The molecule has 2 heterocycles. The standard InChI is InChI=1S/C41H34ClN5O9/c1-21-16-22(12-15-33(21)48)35-27-13-14-28-34(39(51)44(37(28)49)26-18-31(46(53)54)36(43(2)3)32(19-26)47(55)56)29(27)20-30-38(50)45(25-11-7-10-24(42)17-25)40(52)41(30,35)23-8-5-4-6-9-23/h4-13,15-19,28-30,34-35,48H,14,20H2,1-3H3/t28-,29+,30-,34-,35-,41+/m0/s1. The van der Waals surface area contributed by atoms with Crippen LogP contribution in [0.4, 0.5) is 28.4 Å². The molecule has 15 heteroatoms. The van der Waals surface area contributed by atoms with Crippen LogP contribution in [0.5, 0.6) is 5.75 Å². The van der Waals surface area contributed by atoms with Crippen LogP contribution in [0.1, 0.15) is 35.4 Å². The van der Waals surface area contributed by atoms with Crippen molar-refractivity contribution >= 4 is 63.7 Å². The van der Waals surface area contributed by atoms with E-state index in [0.29, 0.717) is 27.3 Å². The molecule has 3 fully saturated rings. The molecule has 4 aromatic rings. The summed E-state index contributed by atoms with van der Waals surface area (Å²) in [7, 11) is 2.83. The number of nitro benzene ring substituents is 2. The number of rotatable bonds is 7. The van der Waals surface area contributed by atoms with Crippen LogP contribution >= 0.6 is 11.6 Å². The van der Waals surface area contributed by atoms with Crippen molar-refractivity contribution in [3.63, 3.8) is 0 Å². The van der Waals surface area contributed by atoms with E-state index in [1.165, 1.54) is 31.1 Å². The number of allylic oxidation sites excluding steroid dienone is 2. The number of halogens is 1. The average molecular weight is 776 g/mol. The molecule has 0 unspecified atom stereocenters. The maximum absolute atomic E-state index is 15.4. The van der Waals surface area contributed by atoms with E-state index in [2.05, 4.69) is 0 Å². The Hall–Kier alpha value is -6.41. The number of carbonyl (C=O) groups excluding carboxylic acids is 4. The van der Waals surface area contributed by atoms with Gasteiger partial charge in [0.15, 0.2) is 5.69 Å². The summed E-state index contributed by atoms with van der Waals surface area (Å²) in [5.74, 6) is -7.06. The van der Waals surface area contributed by atoms with Crippen molar-refractivity contribution in [2.75, 3.05) is 28.8 Å². The highest BCUT2D eigenvalue weighted by Gasteiger charge is 2.70. The molecular formula is C41H34ClN5O9. The number of carbonyl (C=O) groups is 4. The molecule has 0 bridgehead atoms. The number of hydrogen-bond acceptors (Lipinski definition) is 10. The zero-order valence-corrected chi connectivity index (χ0v) is 31.0. The molecule has 56 heavy (non-hydrogen) atoms. The van der Waals surface area contributed by atoms with Crippen LogP contribution in [0, 0.1) is 50.8 Å². The second kappa shape index (κ2) is 13.1. The van der Waals surface area contributed by atoms with Crippen LogP contribution in [-0.4, -0.2) is 52.7 Å². The molecule has 4 aliphatic rings. The molecule has 0 aromatic heterocycles. The third-order valence-electron chi connectivity index (χ3n) is 11.9. The number of phenols is 1. The molecule has 4 amide bonds. The second-order valence-corrected chi connectivity index (χ2v) is 15.3. The van der Waals surface area contributed by atoms with Crippen molar-refractivity contribution in [1.82, 2.24) is 0 Å². The summed E-state index contributed by atoms with van der Waals surface area (Å²) in [6, 6.07) is 22.4. The van der Waals surface area contributed by atoms with Gasteiger partial charge in [-0.3, -0.25) is 39.4 Å². The van der Waals surface area contributed by atoms with Crippen molar-refractivity contribution in [2.24, 2.45) is 23.7 Å². The number of anilines is 3. The first-order chi connectivity index (χ1) is 26.7. The molecule has 0 spiro atoms. The summed E-state index contributed by atoms with van der Waals surface area (Å²) in [5.41, 5.74) is -0.816. The molecule has 284 valence electrons. The van der Waals surface area contributed by atoms with E-state index < -0.39 is 79.9 Å². The minimum absolute atomic E-state index is 0.0101. The van der Waals surface area contributed by atoms with E-state index in [0.717, 1.165) is 21.9 Å². The Morgan fingerprint density at radius 2 is 1.48 bits per heavy atom. The minimum atomic E-state index is -1.53. The first-order valence-corrected chi connectivity index (χ1v) is 18.3. The lowest BCUT2D eigenvalue weighted by Gasteiger charge is -2.50. The van der Waals surface area contributed by atoms with Crippen LogP contribution in [-0.2, 0) is 24.6 Å². The molecule has 4 aromatic carbocycles. The van der Waals surface area contributed by atoms with Gasteiger partial charge in [0.1, 0.15) is 5.75 Å². The fourth-order valence-corrected chi connectivity index (χ4v) is 9.87. The smallest absolute Gasteiger partial charge is 0.301 e. The predicted octanol–water partition coefficient (Wildman–Crippen LogP) is 6.60. The summed E-state index contributed by atoms with van der Waals surface area (Å²) in [4.78, 5) is 85.4. The predicted molar refractivity (Wildman–Crippen MR) is 205 cm³/mol. The number of fused-ring (bicyclic) bond motifs is 4. The number of nitro groups is 2. The van der Waals surface area contributed by atoms with Gasteiger partial charge in [-0.05, 0) is 66.6 Å². The van der Waals surface area contributed by atoms with E-state index in [9.17, 15) is 39.7 Å². The molecule has 2 aliphatic carbocycles. The first-order valence-electron chi connectivity index (χ1n) is 17.9. The third-order valence-corrected chi connectivity index (χ3v) is 12.1. The van der Waals surface area contributed by atoms with Crippen LogP contribution in [0.25, 0.3) is 0 Å². The monoisotopic (exact) mass is 775 g/mol. The number of aryl methyl sites for hydroxylation is 1. The van der Waals surface area contributed by atoms with Crippen molar-refractivity contribution < 1.29 is 34.1 Å². The lowest BCUT2D eigenvalue weighted by Crippen LogP contribution is -2.53. The summed E-state index contributed by atoms with van der Waals surface area (Å²) in [6.45, 7) is 1.72. The molecule has 2 aliphatic heterocycles. The van der Waals surface area contributed by atoms with Crippen molar-refractivity contribution in [1.29, 1.82) is 0 Å².